The monoisotopic (exact) mass is 401 g/mol. The Kier molecular flexibility index (Phi) is 6.03. The Morgan fingerprint density at radius 3 is 2.44 bits per heavy atom. The van der Waals surface area contributed by atoms with E-state index in [9.17, 15) is 4.79 Å². The summed E-state index contributed by atoms with van der Waals surface area (Å²) < 4.78 is 1.37. The number of nitrogen functional groups attached to an aromatic ring is 1. The summed E-state index contributed by atoms with van der Waals surface area (Å²) in [5, 5.41) is 12.1. The Balaban J connectivity index is 1.60. The first-order chi connectivity index (χ1) is 12.9. The van der Waals surface area contributed by atoms with Gasteiger partial charge >= 0.3 is 0 Å². The molecule has 3 N–H and O–H groups in total. The Morgan fingerprint density at radius 1 is 1.15 bits per heavy atom. The SMILES string of the molecule is CC(C)c1ccc(NC(=O)CSc2nnc(-c3ccc(Cl)cc3)n2N)cc1. The molecule has 3 aromatic rings. The van der Waals surface area contributed by atoms with E-state index in [4.69, 9.17) is 17.4 Å². The summed E-state index contributed by atoms with van der Waals surface area (Å²) in [6.45, 7) is 4.26. The standard InChI is InChI=1S/C19H20ClN5OS/c1-12(2)13-5-9-16(10-6-13)22-17(26)11-27-19-24-23-18(25(19)21)14-3-7-15(20)8-4-14/h3-10,12H,11,21H2,1-2H3,(H,22,26). The molecular weight excluding hydrogens is 382 g/mol. The minimum Gasteiger partial charge on any atom is -0.335 e. The molecule has 0 aliphatic rings. The molecule has 2 aromatic carbocycles. The van der Waals surface area contributed by atoms with Crippen molar-refractivity contribution in [2.75, 3.05) is 16.9 Å². The van der Waals surface area contributed by atoms with Gasteiger partial charge in [-0.2, -0.15) is 0 Å². The second-order valence-corrected chi connectivity index (χ2v) is 7.68. The van der Waals surface area contributed by atoms with E-state index in [1.165, 1.54) is 22.0 Å². The van der Waals surface area contributed by atoms with Crippen LogP contribution in [0.4, 0.5) is 5.69 Å². The molecule has 0 saturated carbocycles. The van der Waals surface area contributed by atoms with Crippen LogP contribution < -0.4 is 11.2 Å². The maximum Gasteiger partial charge on any atom is 0.234 e. The number of thioether (sulfide) groups is 1. The van der Waals surface area contributed by atoms with Gasteiger partial charge < -0.3 is 11.2 Å². The molecule has 3 rings (SSSR count). The summed E-state index contributed by atoms with van der Waals surface area (Å²) >= 11 is 7.12. The van der Waals surface area contributed by atoms with E-state index < -0.39 is 0 Å². The molecule has 1 amide bonds. The highest BCUT2D eigenvalue weighted by atomic mass is 35.5. The van der Waals surface area contributed by atoms with Crippen molar-refractivity contribution in [3.63, 3.8) is 0 Å². The summed E-state index contributed by atoms with van der Waals surface area (Å²) in [5.74, 6) is 7.08. The minimum absolute atomic E-state index is 0.131. The summed E-state index contributed by atoms with van der Waals surface area (Å²) in [7, 11) is 0. The molecule has 1 aromatic heterocycles. The van der Waals surface area contributed by atoms with E-state index >= 15 is 0 Å². The normalized spacial score (nSPS) is 11.0. The van der Waals surface area contributed by atoms with Crippen molar-refractivity contribution < 1.29 is 4.79 Å². The summed E-state index contributed by atoms with van der Waals surface area (Å²) in [4.78, 5) is 12.2. The molecule has 140 valence electrons. The molecule has 0 spiro atoms. The van der Waals surface area contributed by atoms with Crippen molar-refractivity contribution >= 4 is 35.0 Å². The van der Waals surface area contributed by atoms with Gasteiger partial charge in [0, 0.05) is 16.3 Å². The highest BCUT2D eigenvalue weighted by Gasteiger charge is 2.14. The third kappa shape index (κ3) is 4.81. The van der Waals surface area contributed by atoms with Gasteiger partial charge in [-0.1, -0.05) is 49.3 Å². The second-order valence-electron chi connectivity index (χ2n) is 6.30. The predicted molar refractivity (Wildman–Crippen MR) is 111 cm³/mol. The van der Waals surface area contributed by atoms with Gasteiger partial charge in [-0.15, -0.1) is 10.2 Å². The van der Waals surface area contributed by atoms with E-state index in [0.717, 1.165) is 11.3 Å². The van der Waals surface area contributed by atoms with Gasteiger partial charge in [0.1, 0.15) is 0 Å². The van der Waals surface area contributed by atoms with Crippen molar-refractivity contribution in [1.82, 2.24) is 14.9 Å². The Labute approximate surface area is 167 Å². The number of carbonyl (C=O) groups is 1. The van der Waals surface area contributed by atoms with Crippen molar-refractivity contribution in [1.29, 1.82) is 0 Å². The quantitative estimate of drug-likeness (QED) is 0.478. The van der Waals surface area contributed by atoms with Crippen LogP contribution in [0.2, 0.25) is 5.02 Å². The molecule has 8 heteroatoms. The molecule has 0 unspecified atom stereocenters. The van der Waals surface area contributed by atoms with Crippen LogP contribution in [-0.4, -0.2) is 26.5 Å². The predicted octanol–water partition coefficient (Wildman–Crippen LogP) is 4.17. The minimum atomic E-state index is -0.131. The van der Waals surface area contributed by atoms with Crippen molar-refractivity contribution in [2.24, 2.45) is 0 Å². The van der Waals surface area contributed by atoms with Crippen LogP contribution >= 0.6 is 23.4 Å². The summed E-state index contributed by atoms with van der Waals surface area (Å²) in [6, 6.07) is 15.0. The fourth-order valence-electron chi connectivity index (χ4n) is 2.45. The number of hydrogen-bond donors (Lipinski definition) is 2. The van der Waals surface area contributed by atoms with E-state index in [0.29, 0.717) is 21.9 Å². The number of amides is 1. The number of nitrogens with one attached hydrogen (secondary N) is 1. The van der Waals surface area contributed by atoms with Gasteiger partial charge in [-0.25, -0.2) is 4.68 Å². The number of aromatic nitrogens is 3. The number of halogens is 1. The number of nitrogens with zero attached hydrogens (tertiary/aromatic N) is 3. The molecule has 0 bridgehead atoms. The fraction of sp³-hybridized carbons (Fsp3) is 0.211. The number of carbonyl (C=O) groups excluding carboxylic acids is 1. The molecular formula is C19H20ClN5OS. The van der Waals surface area contributed by atoms with Crippen molar-refractivity contribution in [2.45, 2.75) is 24.9 Å². The smallest absolute Gasteiger partial charge is 0.234 e. The number of nitrogens with two attached hydrogens (primary N) is 1. The van der Waals surface area contributed by atoms with Gasteiger partial charge in [0.2, 0.25) is 11.1 Å². The third-order valence-corrected chi connectivity index (χ3v) is 5.16. The largest absolute Gasteiger partial charge is 0.335 e. The molecule has 0 fully saturated rings. The van der Waals surface area contributed by atoms with Crippen molar-refractivity contribution in [3.05, 3.63) is 59.1 Å². The zero-order valence-electron chi connectivity index (χ0n) is 15.0. The lowest BCUT2D eigenvalue weighted by molar-refractivity contribution is -0.113. The van der Waals surface area contributed by atoms with Gasteiger partial charge in [0.25, 0.3) is 0 Å². The van der Waals surface area contributed by atoms with Gasteiger partial charge in [0.05, 0.1) is 5.75 Å². The number of anilines is 1. The average molecular weight is 402 g/mol. The van der Waals surface area contributed by atoms with Crippen LogP contribution in [0, 0.1) is 0 Å². The highest BCUT2D eigenvalue weighted by molar-refractivity contribution is 7.99. The first-order valence-electron chi connectivity index (χ1n) is 8.43. The molecule has 0 atom stereocenters. The fourth-order valence-corrected chi connectivity index (χ4v) is 3.23. The lowest BCUT2D eigenvalue weighted by atomic mass is 10.0. The van der Waals surface area contributed by atoms with E-state index in [1.807, 2.05) is 36.4 Å². The van der Waals surface area contributed by atoms with Gasteiger partial charge in [-0.05, 0) is 47.9 Å². The van der Waals surface area contributed by atoms with Crippen LogP contribution in [0.5, 0.6) is 0 Å². The van der Waals surface area contributed by atoms with Crippen molar-refractivity contribution in [3.8, 4) is 11.4 Å². The van der Waals surface area contributed by atoms with E-state index in [1.54, 1.807) is 12.1 Å². The van der Waals surface area contributed by atoms with E-state index in [2.05, 4.69) is 29.4 Å². The molecule has 0 aliphatic carbocycles. The maximum atomic E-state index is 12.2. The van der Waals surface area contributed by atoms with Crippen LogP contribution in [0.25, 0.3) is 11.4 Å². The molecule has 0 saturated heterocycles. The molecule has 0 aliphatic heterocycles. The first kappa shape index (κ1) is 19.3. The van der Waals surface area contributed by atoms with Crippen LogP contribution in [0.1, 0.15) is 25.3 Å². The zero-order chi connectivity index (χ0) is 19.4. The Hall–Kier alpha value is -2.51. The first-order valence-corrected chi connectivity index (χ1v) is 9.79. The van der Waals surface area contributed by atoms with Crippen LogP contribution in [0.15, 0.2) is 53.7 Å². The number of hydrogen-bond acceptors (Lipinski definition) is 5. The van der Waals surface area contributed by atoms with E-state index in [-0.39, 0.29) is 11.7 Å². The topological polar surface area (TPSA) is 85.8 Å². The van der Waals surface area contributed by atoms with Crippen LogP contribution in [-0.2, 0) is 4.79 Å². The molecule has 0 radical (unpaired) electrons. The maximum absolute atomic E-state index is 12.2. The zero-order valence-corrected chi connectivity index (χ0v) is 16.6. The average Bonchev–Trinajstić information content (AvgIpc) is 3.02. The summed E-state index contributed by atoms with van der Waals surface area (Å²) in [6.07, 6.45) is 0. The Bertz CT molecular complexity index is 922. The second kappa shape index (κ2) is 8.45. The number of rotatable bonds is 6. The molecule has 1 heterocycles. The molecule has 6 nitrogen and oxygen atoms in total. The van der Waals surface area contributed by atoms with Crippen LogP contribution in [0.3, 0.4) is 0 Å². The lowest BCUT2D eigenvalue weighted by Crippen LogP contribution is -2.16. The third-order valence-electron chi connectivity index (χ3n) is 3.96. The Morgan fingerprint density at radius 2 is 1.81 bits per heavy atom. The van der Waals surface area contributed by atoms with Gasteiger partial charge in [0.15, 0.2) is 5.82 Å². The molecule has 27 heavy (non-hydrogen) atoms. The summed E-state index contributed by atoms with van der Waals surface area (Å²) in [5.41, 5.74) is 2.80. The van der Waals surface area contributed by atoms with Gasteiger partial charge in [-0.3, -0.25) is 4.79 Å². The lowest BCUT2D eigenvalue weighted by Gasteiger charge is -2.08. The number of benzene rings is 2. The highest BCUT2D eigenvalue weighted by Crippen LogP contribution is 2.23.